The van der Waals surface area contributed by atoms with Gasteiger partial charge in [-0.1, -0.05) is 0 Å². The van der Waals surface area contributed by atoms with Gasteiger partial charge in [0.2, 0.25) is 0 Å². The smallest absolute Gasteiger partial charge is 0.397 e. The number of aliphatic hydroxyl groups excluding tert-OH is 3. The number of aliphatic hydroxyl groups is 3. The zero-order valence-electron chi connectivity index (χ0n) is 10.6. The first-order valence-electron chi connectivity index (χ1n) is 5.77. The van der Waals surface area contributed by atoms with Crippen LogP contribution in [0.5, 0.6) is 0 Å². The third-order valence-corrected chi connectivity index (χ3v) is 4.28. The molecule has 0 aromatic carbocycles. The molecule has 1 fully saturated rings. The van der Waals surface area contributed by atoms with Crippen molar-refractivity contribution < 1.29 is 47.1 Å². The monoisotopic (exact) mass is 348 g/mol. The molecule has 1 aliphatic heterocycles. The van der Waals surface area contributed by atoms with Gasteiger partial charge in [-0.2, -0.15) is 8.42 Å². The van der Waals surface area contributed by atoms with Crippen LogP contribution in [0.15, 0.2) is 0 Å². The van der Waals surface area contributed by atoms with E-state index in [1.54, 1.807) is 0 Å². The van der Waals surface area contributed by atoms with E-state index < -0.39 is 52.8 Å². The fraction of sp³-hybridized carbons (Fsp3) is 0.889. The van der Waals surface area contributed by atoms with Crippen LogP contribution in [0.25, 0.3) is 0 Å². The first-order chi connectivity index (χ1) is 9.65. The summed E-state index contributed by atoms with van der Waals surface area (Å²) >= 11 is 0.853. The van der Waals surface area contributed by atoms with Gasteiger partial charge in [-0.05, 0) is 0 Å². The maximum absolute atomic E-state index is 10.7. The molecule has 0 amide bonds. The highest BCUT2D eigenvalue weighted by molar-refractivity contribution is 7.99. The zero-order valence-corrected chi connectivity index (χ0v) is 12.2. The van der Waals surface area contributed by atoms with Crippen LogP contribution < -0.4 is 0 Å². The van der Waals surface area contributed by atoms with E-state index in [1.807, 2.05) is 0 Å². The summed E-state index contributed by atoms with van der Waals surface area (Å²) in [5.41, 5.74) is -1.13. The molecule has 0 spiro atoms. The van der Waals surface area contributed by atoms with Crippen molar-refractivity contribution >= 4 is 28.1 Å². The van der Waals surface area contributed by atoms with Crippen molar-refractivity contribution in [2.45, 2.75) is 36.3 Å². The van der Waals surface area contributed by atoms with Crippen LogP contribution in [0, 0.1) is 0 Å². The lowest BCUT2D eigenvalue weighted by molar-refractivity contribution is -0.198. The summed E-state index contributed by atoms with van der Waals surface area (Å²) in [4.78, 5) is 10.4. The van der Waals surface area contributed by atoms with Gasteiger partial charge in [0, 0.05) is 5.75 Å². The van der Waals surface area contributed by atoms with E-state index in [4.69, 9.17) is 19.5 Å². The predicted molar refractivity (Wildman–Crippen MR) is 68.9 cm³/mol. The molecule has 10 nitrogen and oxygen atoms in total. The molecule has 1 saturated heterocycles. The van der Waals surface area contributed by atoms with E-state index in [-0.39, 0.29) is 12.2 Å². The maximum Gasteiger partial charge on any atom is 0.397 e. The zero-order chi connectivity index (χ0) is 16.2. The Morgan fingerprint density at radius 2 is 1.90 bits per heavy atom. The molecule has 0 aromatic heterocycles. The van der Waals surface area contributed by atoms with Crippen molar-refractivity contribution in [3.8, 4) is 0 Å². The number of ether oxygens (including phenoxy) is 1. The molecule has 0 radical (unpaired) electrons. The van der Waals surface area contributed by atoms with E-state index in [9.17, 15) is 23.4 Å². The number of thioether (sulfide) groups is 1. The Kier molecular flexibility index (Phi) is 6.80. The summed E-state index contributed by atoms with van der Waals surface area (Å²) in [5.74, 6) is -1.03. The summed E-state index contributed by atoms with van der Waals surface area (Å²) < 4.78 is 39.4. The number of hydrogen-bond acceptors (Lipinski definition) is 9. The molecule has 21 heavy (non-hydrogen) atoms. The highest BCUT2D eigenvalue weighted by Crippen LogP contribution is 2.31. The van der Waals surface area contributed by atoms with E-state index in [0.717, 1.165) is 11.8 Å². The SMILES string of the molecule is O=C(O)CCS[C@@H]1O[C@H](CO)[C@H](O)[C@H](OS(=O)(=O)O)[C@H]1O. The predicted octanol–water partition coefficient (Wildman–Crippen LogP) is -2.18. The van der Waals surface area contributed by atoms with Crippen molar-refractivity contribution in [2.75, 3.05) is 12.4 Å². The summed E-state index contributed by atoms with van der Waals surface area (Å²) in [5, 5.41) is 37.2. The van der Waals surface area contributed by atoms with Crippen molar-refractivity contribution in [1.29, 1.82) is 0 Å². The minimum atomic E-state index is -4.94. The topological polar surface area (TPSA) is 171 Å². The molecule has 0 aliphatic carbocycles. The average Bonchev–Trinajstić information content (AvgIpc) is 2.35. The van der Waals surface area contributed by atoms with E-state index in [0.29, 0.717) is 0 Å². The quantitative estimate of drug-likeness (QED) is 0.317. The van der Waals surface area contributed by atoms with Crippen LogP contribution in [0.2, 0.25) is 0 Å². The summed E-state index contributed by atoms with van der Waals surface area (Å²) in [6, 6.07) is 0. The van der Waals surface area contributed by atoms with Gasteiger partial charge in [0.15, 0.2) is 0 Å². The molecular weight excluding hydrogens is 332 g/mol. The minimum Gasteiger partial charge on any atom is -0.481 e. The number of aliphatic carboxylic acids is 1. The first-order valence-corrected chi connectivity index (χ1v) is 8.18. The van der Waals surface area contributed by atoms with Gasteiger partial charge in [-0.15, -0.1) is 11.8 Å². The van der Waals surface area contributed by atoms with Crippen molar-refractivity contribution in [3.63, 3.8) is 0 Å². The van der Waals surface area contributed by atoms with Crippen LogP contribution in [0.1, 0.15) is 6.42 Å². The van der Waals surface area contributed by atoms with Crippen LogP contribution >= 0.6 is 11.8 Å². The van der Waals surface area contributed by atoms with Gasteiger partial charge >= 0.3 is 16.4 Å². The third kappa shape index (κ3) is 5.67. The number of carbonyl (C=O) groups is 1. The maximum atomic E-state index is 10.7. The van der Waals surface area contributed by atoms with Gasteiger partial charge in [0.05, 0.1) is 13.0 Å². The lowest BCUT2D eigenvalue weighted by atomic mass is 10.0. The fourth-order valence-electron chi connectivity index (χ4n) is 1.71. The average molecular weight is 348 g/mol. The third-order valence-electron chi connectivity index (χ3n) is 2.65. The van der Waals surface area contributed by atoms with Gasteiger partial charge in [0.1, 0.15) is 29.9 Å². The van der Waals surface area contributed by atoms with Crippen molar-refractivity contribution in [2.24, 2.45) is 0 Å². The molecule has 0 unspecified atom stereocenters. The molecule has 0 bridgehead atoms. The molecular formula is C9H16O10S2. The Labute approximate surface area is 124 Å². The Balaban J connectivity index is 2.78. The standard InChI is InChI=1S/C9H16O10S2/c10-3-4-6(13)8(19-21(15,16)17)7(14)9(18-4)20-2-1-5(11)12/h4,6-10,13-14H,1-3H2,(H,11,12)(H,15,16,17)/t4-,6+,7-,8+,9+/m1/s1. The van der Waals surface area contributed by atoms with Crippen LogP contribution in [0.3, 0.4) is 0 Å². The molecule has 124 valence electrons. The molecule has 5 N–H and O–H groups in total. The summed E-state index contributed by atoms with van der Waals surface area (Å²) in [6.07, 6.45) is -6.56. The van der Waals surface area contributed by atoms with Gasteiger partial charge in [-0.25, -0.2) is 4.18 Å². The summed E-state index contributed by atoms with van der Waals surface area (Å²) in [6.45, 7) is -0.685. The first kappa shape index (κ1) is 18.6. The van der Waals surface area contributed by atoms with E-state index in [1.165, 1.54) is 0 Å². The van der Waals surface area contributed by atoms with Crippen LogP contribution in [-0.4, -0.2) is 81.6 Å². The van der Waals surface area contributed by atoms with Crippen molar-refractivity contribution in [3.05, 3.63) is 0 Å². The second-order valence-electron chi connectivity index (χ2n) is 4.21. The molecule has 1 rings (SSSR count). The van der Waals surface area contributed by atoms with Gasteiger partial charge < -0.3 is 25.2 Å². The number of rotatable bonds is 7. The molecule has 1 heterocycles. The highest BCUT2D eigenvalue weighted by atomic mass is 32.3. The Morgan fingerprint density at radius 1 is 1.29 bits per heavy atom. The largest absolute Gasteiger partial charge is 0.481 e. The molecule has 12 heteroatoms. The molecule has 0 saturated carbocycles. The van der Waals surface area contributed by atoms with Gasteiger partial charge in [-0.3, -0.25) is 9.35 Å². The lowest BCUT2D eigenvalue weighted by Gasteiger charge is -2.40. The van der Waals surface area contributed by atoms with E-state index in [2.05, 4.69) is 4.18 Å². The molecule has 1 aliphatic rings. The second kappa shape index (κ2) is 7.69. The lowest BCUT2D eigenvalue weighted by Crippen LogP contribution is -2.59. The fourth-order valence-corrected chi connectivity index (χ4v) is 3.31. The van der Waals surface area contributed by atoms with Crippen LogP contribution in [-0.2, 0) is 24.1 Å². The Hall–Kier alpha value is -0.470. The van der Waals surface area contributed by atoms with E-state index >= 15 is 0 Å². The number of carboxylic acid groups (broad SMARTS) is 1. The molecule has 5 atom stereocenters. The Morgan fingerprint density at radius 3 is 2.38 bits per heavy atom. The van der Waals surface area contributed by atoms with Crippen LogP contribution in [0.4, 0.5) is 0 Å². The van der Waals surface area contributed by atoms with Crippen molar-refractivity contribution in [1.82, 2.24) is 0 Å². The molecule has 0 aromatic rings. The number of hydrogen-bond donors (Lipinski definition) is 5. The van der Waals surface area contributed by atoms with Gasteiger partial charge in [0.25, 0.3) is 0 Å². The normalized spacial score (nSPS) is 33.8. The number of carboxylic acids is 1. The summed E-state index contributed by atoms with van der Waals surface area (Å²) in [7, 11) is -4.94. The second-order valence-corrected chi connectivity index (χ2v) is 6.46. The highest BCUT2D eigenvalue weighted by Gasteiger charge is 2.47. The minimum absolute atomic E-state index is 0.0455. The Bertz CT molecular complexity index is 451.